The van der Waals surface area contributed by atoms with Crippen molar-refractivity contribution in [2.45, 2.75) is 24.5 Å². The minimum Gasteiger partial charge on any atom is -0.790 e. The standard InChI is InChI=1S/C9H15N2O16P3.4Li/c12-3-1-11(9(16)10-7(3)15)8-6(14)5(13)4(25-8)2-24-29(20,21)27-30(22,23)26-28(17,18)19;;;;/h1,4-6,8,12-14H,2H2,(H,20,21)(H,22,23)(H,10,15,16)(H2,17,18,19);;;;/q;4*+1/p-4. The van der Waals surface area contributed by atoms with E-state index in [1.807, 2.05) is 0 Å². The third-order valence-electron chi connectivity index (χ3n) is 3.36. The monoisotopic (exact) mass is 524 g/mol. The molecule has 0 aliphatic carbocycles. The van der Waals surface area contributed by atoms with Gasteiger partial charge >= 0.3 is 81.1 Å². The maximum Gasteiger partial charge on any atom is 1.00 e. The topological polar surface area (TPSA) is 296 Å². The Morgan fingerprint density at radius 1 is 0.971 bits per heavy atom. The first-order valence-corrected chi connectivity index (χ1v) is 11.7. The zero-order valence-electron chi connectivity index (χ0n) is 18.0. The molecule has 1 aliphatic rings. The predicted octanol–water partition coefficient (Wildman–Crippen LogP) is -17.3. The third-order valence-corrected chi connectivity index (χ3v) is 7.02. The molecule has 1 saturated heterocycles. The SMILES string of the molecule is O=c1[nH]c(=O)n(C2OC(COP(=O)([O-])OP(=O)([O-])OP(=O)([O-])[O-])C(O)C2O)cc1O.[Li+].[Li+].[Li+].[Li+]. The number of rotatable bonds is 8. The Labute approximate surface area is 237 Å². The molecule has 4 N–H and O–H groups in total. The van der Waals surface area contributed by atoms with Gasteiger partial charge in [-0.15, -0.1) is 0 Å². The van der Waals surface area contributed by atoms with Gasteiger partial charge in [0.05, 0.1) is 20.6 Å². The molecule has 0 radical (unpaired) electrons. The van der Waals surface area contributed by atoms with E-state index in [0.29, 0.717) is 10.8 Å². The number of hydrogen-bond acceptors (Lipinski definition) is 16. The number of aliphatic hydroxyl groups excluding tert-OH is 2. The van der Waals surface area contributed by atoms with Crippen LogP contribution in [0, 0.1) is 0 Å². The first-order chi connectivity index (χ1) is 13.5. The third kappa shape index (κ3) is 11.3. The summed E-state index contributed by atoms with van der Waals surface area (Å²) in [4.78, 5) is 67.6. The van der Waals surface area contributed by atoms with Crippen molar-refractivity contribution in [3.63, 3.8) is 0 Å². The summed E-state index contributed by atoms with van der Waals surface area (Å²) < 4.78 is 48.6. The Hall–Kier alpha value is 1.16. The molecule has 2 rings (SSSR count). The molecule has 0 saturated carbocycles. The number of hydrogen-bond donors (Lipinski definition) is 4. The van der Waals surface area contributed by atoms with Crippen molar-refractivity contribution in [3.05, 3.63) is 27.0 Å². The maximum atomic E-state index is 11.8. The summed E-state index contributed by atoms with van der Waals surface area (Å²) in [5.74, 6) is -0.961. The summed E-state index contributed by atoms with van der Waals surface area (Å²) in [6.07, 6.45) is -6.79. The second-order valence-electron chi connectivity index (χ2n) is 5.53. The Bertz CT molecular complexity index is 1060. The molecule has 2 heterocycles. The molecule has 6 atom stereocenters. The summed E-state index contributed by atoms with van der Waals surface area (Å²) in [5.41, 5.74) is -2.35. The van der Waals surface area contributed by atoms with Crippen LogP contribution in [0.2, 0.25) is 0 Å². The molecule has 34 heavy (non-hydrogen) atoms. The molecule has 1 aromatic heterocycles. The van der Waals surface area contributed by atoms with Crippen molar-refractivity contribution in [1.29, 1.82) is 0 Å². The van der Waals surface area contributed by atoms with Crippen LogP contribution in [0.25, 0.3) is 0 Å². The second-order valence-corrected chi connectivity index (χ2v) is 9.78. The first kappa shape index (κ1) is 39.7. The van der Waals surface area contributed by atoms with Crippen molar-refractivity contribution in [1.82, 2.24) is 9.55 Å². The van der Waals surface area contributed by atoms with Crippen LogP contribution >= 0.6 is 23.5 Å². The number of ether oxygens (including phenoxy) is 1. The molecule has 0 aromatic carbocycles. The summed E-state index contributed by atoms with van der Waals surface area (Å²) in [5, 5.41) is 29.2. The number of aromatic hydroxyl groups is 1. The number of aliphatic hydroxyl groups is 2. The van der Waals surface area contributed by atoms with Crippen LogP contribution in [-0.4, -0.2) is 49.8 Å². The summed E-state index contributed by atoms with van der Waals surface area (Å²) in [6, 6.07) is 0. The molecule has 6 unspecified atom stereocenters. The number of H-pyrrole nitrogens is 1. The van der Waals surface area contributed by atoms with E-state index >= 15 is 0 Å². The van der Waals surface area contributed by atoms with E-state index < -0.39 is 71.6 Å². The smallest absolute Gasteiger partial charge is 0.790 e. The Balaban J connectivity index is -0.00000240. The molecule has 1 fully saturated rings. The van der Waals surface area contributed by atoms with Gasteiger partial charge in [0.15, 0.2) is 12.0 Å². The van der Waals surface area contributed by atoms with Gasteiger partial charge in [0.1, 0.15) is 18.3 Å². The van der Waals surface area contributed by atoms with Crippen LogP contribution in [0.5, 0.6) is 5.75 Å². The summed E-state index contributed by atoms with van der Waals surface area (Å²) >= 11 is 0. The van der Waals surface area contributed by atoms with E-state index in [4.69, 9.17) is 4.74 Å². The van der Waals surface area contributed by atoms with Gasteiger partial charge < -0.3 is 48.7 Å². The molecule has 25 heteroatoms. The summed E-state index contributed by atoms with van der Waals surface area (Å²) in [6.45, 7) is -1.23. The quantitative estimate of drug-likeness (QED) is 0.181. The molecule has 1 aromatic rings. The van der Waals surface area contributed by atoms with Crippen LogP contribution in [0.15, 0.2) is 15.8 Å². The number of phosphoric acid groups is 3. The molecule has 18 nitrogen and oxygen atoms in total. The fourth-order valence-corrected chi connectivity index (χ4v) is 5.07. The number of aromatic amines is 1. The van der Waals surface area contributed by atoms with Gasteiger partial charge in [-0.3, -0.25) is 27.8 Å². The molecule has 0 spiro atoms. The van der Waals surface area contributed by atoms with Gasteiger partial charge in [-0.2, -0.15) is 0 Å². The zero-order chi connectivity index (χ0) is 23.1. The van der Waals surface area contributed by atoms with E-state index in [2.05, 4.69) is 13.1 Å². The van der Waals surface area contributed by atoms with Crippen LogP contribution in [0.3, 0.4) is 0 Å². The molecular formula is C9H11Li4N2O16P3. The molecule has 172 valence electrons. The number of aromatic nitrogens is 2. The van der Waals surface area contributed by atoms with Gasteiger partial charge in [0, 0.05) is 0 Å². The Morgan fingerprint density at radius 3 is 2.00 bits per heavy atom. The van der Waals surface area contributed by atoms with Gasteiger partial charge in [-0.25, -0.2) is 9.11 Å². The van der Waals surface area contributed by atoms with E-state index in [0.717, 1.165) is 0 Å². The fourth-order valence-electron chi connectivity index (χ4n) is 2.21. The number of phosphoric ester groups is 1. The van der Waals surface area contributed by atoms with Crippen LogP contribution in [0.4, 0.5) is 0 Å². The largest absolute Gasteiger partial charge is 1.00 e. The second kappa shape index (κ2) is 14.9. The first-order valence-electron chi connectivity index (χ1n) is 7.29. The zero-order valence-corrected chi connectivity index (χ0v) is 20.7. The minimum absolute atomic E-state index is 0. The van der Waals surface area contributed by atoms with E-state index in [1.165, 1.54) is 0 Å². The average molecular weight is 524 g/mol. The number of nitrogens with one attached hydrogen (secondary N) is 1. The van der Waals surface area contributed by atoms with Gasteiger partial charge in [0.25, 0.3) is 21.2 Å². The Morgan fingerprint density at radius 2 is 1.50 bits per heavy atom. The molecular weight excluding hydrogens is 513 g/mol. The average Bonchev–Trinajstić information content (AvgIpc) is 2.81. The minimum atomic E-state index is -6.20. The predicted molar refractivity (Wildman–Crippen MR) is 79.9 cm³/mol. The molecule has 0 bridgehead atoms. The van der Waals surface area contributed by atoms with Crippen LogP contribution < -0.4 is 106 Å². The fraction of sp³-hybridized carbons (Fsp3) is 0.556. The van der Waals surface area contributed by atoms with Crippen molar-refractivity contribution in [2.24, 2.45) is 0 Å². The number of nitrogens with zero attached hydrogens (tertiary/aromatic N) is 1. The molecule has 0 amide bonds. The van der Waals surface area contributed by atoms with E-state index in [1.54, 1.807) is 4.98 Å². The van der Waals surface area contributed by atoms with Gasteiger partial charge in [0.2, 0.25) is 0 Å². The van der Waals surface area contributed by atoms with Crippen LogP contribution in [-0.2, 0) is 31.6 Å². The van der Waals surface area contributed by atoms with E-state index in [-0.39, 0.29) is 75.4 Å². The maximum absolute atomic E-state index is 11.8. The van der Waals surface area contributed by atoms with Gasteiger partial charge in [-0.1, -0.05) is 0 Å². The Kier molecular flexibility index (Phi) is 17.4. The van der Waals surface area contributed by atoms with E-state index in [9.17, 15) is 58.2 Å². The van der Waals surface area contributed by atoms with Crippen LogP contribution in [0.1, 0.15) is 6.23 Å². The van der Waals surface area contributed by atoms with Crippen molar-refractivity contribution in [3.8, 4) is 5.75 Å². The van der Waals surface area contributed by atoms with Crippen molar-refractivity contribution < 1.29 is 142 Å². The van der Waals surface area contributed by atoms with Gasteiger partial charge in [-0.05, 0) is 0 Å². The normalized spacial score (nSPS) is 25.4. The van der Waals surface area contributed by atoms with Crippen molar-refractivity contribution >= 4 is 23.5 Å². The molecule has 1 aliphatic heterocycles. The summed E-state index contributed by atoms with van der Waals surface area (Å²) in [7, 11) is -18.3. The van der Waals surface area contributed by atoms with Crippen molar-refractivity contribution in [2.75, 3.05) is 6.61 Å².